The van der Waals surface area contributed by atoms with E-state index in [1.54, 1.807) is 0 Å². The highest BCUT2D eigenvalue weighted by Crippen LogP contribution is 2.32. The molecule has 1 aromatic carbocycles. The van der Waals surface area contributed by atoms with Crippen LogP contribution in [0.5, 0.6) is 0 Å². The van der Waals surface area contributed by atoms with Gasteiger partial charge in [0.05, 0.1) is 17.1 Å². The zero-order valence-electron chi connectivity index (χ0n) is 13.1. The number of halogens is 1. The first-order valence-electron chi connectivity index (χ1n) is 7.18. The molecular weight excluding hydrogens is 413 g/mol. The third-order valence-electron chi connectivity index (χ3n) is 3.11. The molecule has 0 bridgehead atoms. The lowest BCUT2D eigenvalue weighted by Gasteiger charge is -2.30. The number of rotatable bonds is 2. The van der Waals surface area contributed by atoms with E-state index in [1.165, 1.54) is 0 Å². The van der Waals surface area contributed by atoms with Crippen LogP contribution in [0.3, 0.4) is 0 Å². The van der Waals surface area contributed by atoms with Gasteiger partial charge in [0.15, 0.2) is 0 Å². The van der Waals surface area contributed by atoms with Gasteiger partial charge in [-0.25, -0.2) is 4.79 Å². The Bertz CT molecular complexity index is 554. The summed E-state index contributed by atoms with van der Waals surface area (Å²) in [6.45, 7) is 7.52. The standard InChI is InChI=1S/C15H22IN3O2S/c1-15(2,3)21-14(20)18-12-9-13(10(16)8-11(12)17)19-4-6-22-7-5-19/h8-9H,4-7,17H2,1-3H3,(H,18,20). The molecule has 1 aromatic rings. The molecule has 0 atom stereocenters. The van der Waals surface area contributed by atoms with Crippen LogP contribution in [-0.2, 0) is 4.74 Å². The van der Waals surface area contributed by atoms with Crippen molar-refractivity contribution in [3.8, 4) is 0 Å². The van der Waals surface area contributed by atoms with Gasteiger partial charge in [-0.2, -0.15) is 11.8 Å². The molecule has 1 aliphatic rings. The van der Waals surface area contributed by atoms with Crippen LogP contribution in [0, 0.1) is 3.57 Å². The van der Waals surface area contributed by atoms with E-state index in [2.05, 4.69) is 32.8 Å². The predicted octanol–water partition coefficient (Wildman–Crippen LogP) is 3.77. The topological polar surface area (TPSA) is 67.6 Å². The number of carbonyl (C=O) groups is 1. The lowest BCUT2D eigenvalue weighted by Crippen LogP contribution is -2.33. The summed E-state index contributed by atoms with van der Waals surface area (Å²) in [4.78, 5) is 14.3. The van der Waals surface area contributed by atoms with Gasteiger partial charge < -0.3 is 15.4 Å². The van der Waals surface area contributed by atoms with Gasteiger partial charge in [-0.05, 0) is 55.5 Å². The summed E-state index contributed by atoms with van der Waals surface area (Å²) in [6.07, 6.45) is -0.486. The number of nitrogens with zero attached hydrogens (tertiary/aromatic N) is 1. The molecule has 1 amide bonds. The number of thioether (sulfide) groups is 1. The minimum Gasteiger partial charge on any atom is -0.444 e. The Morgan fingerprint density at radius 3 is 2.59 bits per heavy atom. The number of carbonyl (C=O) groups excluding carboxylic acids is 1. The number of amides is 1. The van der Waals surface area contributed by atoms with E-state index in [0.717, 1.165) is 33.9 Å². The first kappa shape index (κ1) is 17.5. The lowest BCUT2D eigenvalue weighted by atomic mass is 10.2. The summed E-state index contributed by atoms with van der Waals surface area (Å²) >= 11 is 4.25. The van der Waals surface area contributed by atoms with Crippen LogP contribution < -0.4 is 16.0 Å². The van der Waals surface area contributed by atoms with E-state index < -0.39 is 11.7 Å². The van der Waals surface area contributed by atoms with Crippen LogP contribution in [0.2, 0.25) is 0 Å². The van der Waals surface area contributed by atoms with Gasteiger partial charge in [-0.1, -0.05) is 0 Å². The number of nitrogens with one attached hydrogen (secondary N) is 1. The van der Waals surface area contributed by atoms with Crippen LogP contribution in [0.4, 0.5) is 21.9 Å². The maximum Gasteiger partial charge on any atom is 0.412 e. The molecule has 0 spiro atoms. The molecule has 1 fully saturated rings. The van der Waals surface area contributed by atoms with Crippen molar-refractivity contribution in [1.82, 2.24) is 0 Å². The molecule has 0 aromatic heterocycles. The van der Waals surface area contributed by atoms with E-state index in [-0.39, 0.29) is 0 Å². The summed E-state index contributed by atoms with van der Waals surface area (Å²) in [5, 5.41) is 2.75. The Morgan fingerprint density at radius 2 is 2.00 bits per heavy atom. The van der Waals surface area contributed by atoms with E-state index >= 15 is 0 Å². The van der Waals surface area contributed by atoms with E-state index in [0.29, 0.717) is 11.4 Å². The highest BCUT2D eigenvalue weighted by atomic mass is 127. The quantitative estimate of drug-likeness (QED) is 0.547. The third-order valence-corrected chi connectivity index (χ3v) is 4.91. The highest BCUT2D eigenvalue weighted by Gasteiger charge is 2.19. The van der Waals surface area contributed by atoms with Gasteiger partial charge in [0.25, 0.3) is 0 Å². The maximum atomic E-state index is 11.9. The second-order valence-corrected chi connectivity index (χ2v) is 8.50. The molecule has 0 unspecified atom stereocenters. The van der Waals surface area contributed by atoms with Crippen LogP contribution >= 0.6 is 34.4 Å². The van der Waals surface area contributed by atoms with Crippen LogP contribution in [0.15, 0.2) is 12.1 Å². The van der Waals surface area contributed by atoms with Gasteiger partial charge in [0.1, 0.15) is 5.60 Å². The minimum atomic E-state index is -0.533. The number of hydrogen-bond donors (Lipinski definition) is 2. The monoisotopic (exact) mass is 435 g/mol. The fourth-order valence-electron chi connectivity index (χ4n) is 2.15. The predicted molar refractivity (Wildman–Crippen MR) is 103 cm³/mol. The van der Waals surface area contributed by atoms with Crippen molar-refractivity contribution in [2.75, 3.05) is 40.5 Å². The largest absolute Gasteiger partial charge is 0.444 e. The van der Waals surface area contributed by atoms with Crippen molar-refractivity contribution < 1.29 is 9.53 Å². The van der Waals surface area contributed by atoms with Gasteiger partial charge >= 0.3 is 6.09 Å². The maximum absolute atomic E-state index is 11.9. The molecule has 22 heavy (non-hydrogen) atoms. The Morgan fingerprint density at radius 1 is 1.36 bits per heavy atom. The van der Waals surface area contributed by atoms with Crippen molar-refractivity contribution in [2.24, 2.45) is 0 Å². The Kier molecular flexibility index (Phi) is 5.70. The highest BCUT2D eigenvalue weighted by molar-refractivity contribution is 14.1. The summed E-state index contributed by atoms with van der Waals surface area (Å²) < 4.78 is 6.38. The Labute approximate surface area is 149 Å². The summed E-state index contributed by atoms with van der Waals surface area (Å²) in [6, 6.07) is 3.83. The Balaban J connectivity index is 2.19. The molecule has 0 aliphatic carbocycles. The molecule has 122 valence electrons. The molecule has 5 nitrogen and oxygen atoms in total. The van der Waals surface area contributed by atoms with Crippen molar-refractivity contribution in [2.45, 2.75) is 26.4 Å². The SMILES string of the molecule is CC(C)(C)OC(=O)Nc1cc(N2CCSCC2)c(I)cc1N. The van der Waals surface area contributed by atoms with Crippen molar-refractivity contribution in [3.05, 3.63) is 15.7 Å². The first-order valence-corrected chi connectivity index (χ1v) is 9.41. The molecule has 0 saturated carbocycles. The summed E-state index contributed by atoms with van der Waals surface area (Å²) in [5.74, 6) is 2.24. The molecule has 7 heteroatoms. The van der Waals surface area contributed by atoms with Crippen LogP contribution in [0.1, 0.15) is 20.8 Å². The fraction of sp³-hybridized carbons (Fsp3) is 0.533. The number of ether oxygens (including phenoxy) is 1. The smallest absolute Gasteiger partial charge is 0.412 e. The number of hydrogen-bond acceptors (Lipinski definition) is 5. The van der Waals surface area contributed by atoms with Crippen LogP contribution in [0.25, 0.3) is 0 Å². The number of nitrogen functional groups attached to an aromatic ring is 1. The Hall–Kier alpha value is -0.830. The van der Waals surface area contributed by atoms with Crippen molar-refractivity contribution in [3.63, 3.8) is 0 Å². The molecule has 1 aliphatic heterocycles. The minimum absolute atomic E-state index is 0.486. The molecule has 1 heterocycles. The fourth-order valence-corrected chi connectivity index (χ4v) is 3.88. The number of anilines is 3. The molecule has 3 N–H and O–H groups in total. The first-order chi connectivity index (χ1) is 10.3. The van der Waals surface area contributed by atoms with E-state index in [4.69, 9.17) is 10.5 Å². The van der Waals surface area contributed by atoms with E-state index in [9.17, 15) is 4.79 Å². The normalized spacial score (nSPS) is 15.5. The van der Waals surface area contributed by atoms with Crippen LogP contribution in [-0.4, -0.2) is 36.3 Å². The van der Waals surface area contributed by atoms with E-state index in [1.807, 2.05) is 44.7 Å². The van der Waals surface area contributed by atoms with Gasteiger partial charge in [-0.15, -0.1) is 0 Å². The average Bonchev–Trinajstić information content (AvgIpc) is 2.41. The number of nitrogens with two attached hydrogens (primary N) is 1. The average molecular weight is 435 g/mol. The third kappa shape index (κ3) is 4.84. The summed E-state index contributed by atoms with van der Waals surface area (Å²) in [5.41, 5.74) is 7.76. The van der Waals surface area contributed by atoms with Gasteiger partial charge in [0, 0.05) is 28.2 Å². The van der Waals surface area contributed by atoms with Crippen molar-refractivity contribution >= 4 is 57.5 Å². The van der Waals surface area contributed by atoms with Crippen molar-refractivity contribution in [1.29, 1.82) is 0 Å². The zero-order chi connectivity index (χ0) is 16.3. The second kappa shape index (κ2) is 7.16. The molecule has 2 rings (SSSR count). The molecule has 1 saturated heterocycles. The van der Waals surface area contributed by atoms with Gasteiger partial charge in [0.2, 0.25) is 0 Å². The second-order valence-electron chi connectivity index (χ2n) is 6.12. The van der Waals surface area contributed by atoms with Gasteiger partial charge in [-0.3, -0.25) is 5.32 Å². The molecule has 0 radical (unpaired) electrons. The summed E-state index contributed by atoms with van der Waals surface area (Å²) in [7, 11) is 0. The molecular formula is C15H22IN3O2S. The number of benzene rings is 1. The lowest BCUT2D eigenvalue weighted by molar-refractivity contribution is 0.0636. The zero-order valence-corrected chi connectivity index (χ0v) is 16.1.